The van der Waals surface area contributed by atoms with Crippen LogP contribution in [0.1, 0.15) is 44.7 Å². The molecule has 0 fully saturated rings. The van der Waals surface area contributed by atoms with Crippen molar-refractivity contribution >= 4 is 17.5 Å². The average Bonchev–Trinajstić information content (AvgIpc) is 2.38. The van der Waals surface area contributed by atoms with E-state index in [1.165, 1.54) is 0 Å². The van der Waals surface area contributed by atoms with E-state index in [1.807, 2.05) is 12.1 Å². The molecule has 2 rings (SSSR count). The Morgan fingerprint density at radius 2 is 2.00 bits per heavy atom. The van der Waals surface area contributed by atoms with Gasteiger partial charge in [0.15, 0.2) is 0 Å². The van der Waals surface area contributed by atoms with Gasteiger partial charge in [-0.1, -0.05) is 18.2 Å². The van der Waals surface area contributed by atoms with Crippen molar-refractivity contribution in [3.8, 4) is 5.75 Å². The maximum atomic E-state index is 12.0. The molecule has 0 unspecified atom stereocenters. The standard InChI is InChI=1S/C17H20O4/c1-17(2,3)16(20)21-14-9-5-7-12-11(10-15(18)19)6-4-8-13(12)14/h5-7,9H,4,8,10H2,1-3H3,(H,18,19). The summed E-state index contributed by atoms with van der Waals surface area (Å²) in [4.78, 5) is 23.0. The fraction of sp³-hybridized carbons (Fsp3) is 0.412. The lowest BCUT2D eigenvalue weighted by atomic mass is 9.88. The van der Waals surface area contributed by atoms with Crippen molar-refractivity contribution < 1.29 is 19.4 Å². The predicted octanol–water partition coefficient (Wildman–Crippen LogP) is 3.44. The minimum absolute atomic E-state index is 0.0102. The van der Waals surface area contributed by atoms with Gasteiger partial charge in [-0.25, -0.2) is 0 Å². The third-order valence-corrected chi connectivity index (χ3v) is 3.42. The zero-order chi connectivity index (χ0) is 15.6. The molecule has 1 aliphatic rings. The molecular formula is C17H20O4. The van der Waals surface area contributed by atoms with Crippen LogP contribution in [0, 0.1) is 5.41 Å². The zero-order valence-corrected chi connectivity index (χ0v) is 12.6. The number of carbonyl (C=O) groups excluding carboxylic acids is 1. The number of carbonyl (C=O) groups is 2. The quantitative estimate of drug-likeness (QED) is 0.683. The highest BCUT2D eigenvalue weighted by atomic mass is 16.5. The SMILES string of the molecule is CC(C)(C)C(=O)Oc1cccc2c1CCC=C2CC(=O)O. The van der Waals surface area contributed by atoms with Crippen molar-refractivity contribution in [2.24, 2.45) is 5.41 Å². The molecule has 1 aliphatic carbocycles. The van der Waals surface area contributed by atoms with Crippen molar-refractivity contribution in [2.75, 3.05) is 0 Å². The van der Waals surface area contributed by atoms with Crippen LogP contribution in [-0.2, 0) is 16.0 Å². The topological polar surface area (TPSA) is 63.6 Å². The number of hydrogen-bond acceptors (Lipinski definition) is 3. The van der Waals surface area contributed by atoms with Crippen molar-refractivity contribution in [3.05, 3.63) is 35.4 Å². The summed E-state index contributed by atoms with van der Waals surface area (Å²) < 4.78 is 5.52. The Morgan fingerprint density at radius 1 is 1.29 bits per heavy atom. The van der Waals surface area contributed by atoms with Gasteiger partial charge in [0.05, 0.1) is 11.8 Å². The molecule has 0 aromatic heterocycles. The number of fused-ring (bicyclic) bond motifs is 1. The van der Waals surface area contributed by atoms with E-state index in [1.54, 1.807) is 32.9 Å². The van der Waals surface area contributed by atoms with E-state index in [2.05, 4.69) is 0 Å². The lowest BCUT2D eigenvalue weighted by Crippen LogP contribution is -2.26. The highest BCUT2D eigenvalue weighted by molar-refractivity contribution is 5.86. The van der Waals surface area contributed by atoms with Crippen LogP contribution in [0.4, 0.5) is 0 Å². The molecule has 4 nitrogen and oxygen atoms in total. The maximum absolute atomic E-state index is 12.0. The minimum atomic E-state index is -0.855. The Hall–Kier alpha value is -2.10. The third-order valence-electron chi connectivity index (χ3n) is 3.42. The molecule has 0 radical (unpaired) electrons. The van der Waals surface area contributed by atoms with E-state index >= 15 is 0 Å². The second-order valence-electron chi connectivity index (χ2n) is 6.26. The number of ether oxygens (including phenoxy) is 1. The van der Waals surface area contributed by atoms with E-state index in [4.69, 9.17) is 9.84 Å². The molecule has 112 valence electrons. The van der Waals surface area contributed by atoms with E-state index in [0.717, 1.165) is 29.5 Å². The number of aliphatic carboxylic acids is 1. The van der Waals surface area contributed by atoms with Crippen molar-refractivity contribution in [1.82, 2.24) is 0 Å². The van der Waals surface area contributed by atoms with E-state index in [-0.39, 0.29) is 12.4 Å². The molecule has 4 heteroatoms. The highest BCUT2D eigenvalue weighted by Gasteiger charge is 2.26. The highest BCUT2D eigenvalue weighted by Crippen LogP contribution is 2.35. The van der Waals surface area contributed by atoms with Crippen LogP contribution in [0.25, 0.3) is 5.57 Å². The summed E-state index contributed by atoms with van der Waals surface area (Å²) in [6.45, 7) is 5.42. The average molecular weight is 288 g/mol. The third kappa shape index (κ3) is 3.51. The molecule has 0 atom stereocenters. The second kappa shape index (κ2) is 5.72. The van der Waals surface area contributed by atoms with Gasteiger partial charge in [0.25, 0.3) is 0 Å². The van der Waals surface area contributed by atoms with Crippen LogP contribution < -0.4 is 4.74 Å². The van der Waals surface area contributed by atoms with Gasteiger partial charge in [-0.15, -0.1) is 0 Å². The molecule has 0 bridgehead atoms. The first-order valence-electron chi connectivity index (χ1n) is 7.04. The fourth-order valence-electron chi connectivity index (χ4n) is 2.30. The molecule has 1 aromatic rings. The summed E-state index contributed by atoms with van der Waals surface area (Å²) in [7, 11) is 0. The first kappa shape index (κ1) is 15.3. The number of rotatable bonds is 3. The summed E-state index contributed by atoms with van der Waals surface area (Å²) in [5, 5.41) is 8.99. The molecule has 1 aromatic carbocycles. The summed E-state index contributed by atoms with van der Waals surface area (Å²) in [5.74, 6) is -0.597. The molecule has 1 N–H and O–H groups in total. The van der Waals surface area contributed by atoms with Crippen LogP contribution >= 0.6 is 0 Å². The van der Waals surface area contributed by atoms with Crippen molar-refractivity contribution in [2.45, 2.75) is 40.0 Å². The minimum Gasteiger partial charge on any atom is -0.481 e. The summed E-state index contributed by atoms with van der Waals surface area (Å²) in [6.07, 6.45) is 3.46. The Morgan fingerprint density at radius 3 is 2.62 bits per heavy atom. The van der Waals surface area contributed by atoms with Crippen LogP contribution in [-0.4, -0.2) is 17.0 Å². The Kier molecular flexibility index (Phi) is 4.16. The van der Waals surface area contributed by atoms with Gasteiger partial charge in [0.1, 0.15) is 5.75 Å². The van der Waals surface area contributed by atoms with E-state index in [9.17, 15) is 9.59 Å². The number of carboxylic acids is 1. The van der Waals surface area contributed by atoms with Crippen LogP contribution in [0.15, 0.2) is 24.3 Å². The van der Waals surface area contributed by atoms with Gasteiger partial charge in [-0.2, -0.15) is 0 Å². The van der Waals surface area contributed by atoms with Gasteiger partial charge in [0, 0.05) is 5.56 Å². The summed E-state index contributed by atoms with van der Waals surface area (Å²) in [5.41, 5.74) is 2.02. The van der Waals surface area contributed by atoms with Gasteiger partial charge < -0.3 is 9.84 Å². The van der Waals surface area contributed by atoms with Crippen molar-refractivity contribution in [1.29, 1.82) is 0 Å². The molecule has 0 amide bonds. The van der Waals surface area contributed by atoms with Crippen LogP contribution in [0.2, 0.25) is 0 Å². The van der Waals surface area contributed by atoms with Crippen LogP contribution in [0.5, 0.6) is 5.75 Å². The molecular weight excluding hydrogens is 268 g/mol. The molecule has 0 saturated carbocycles. The summed E-state index contributed by atoms with van der Waals surface area (Å²) in [6, 6.07) is 5.45. The normalized spacial score (nSPS) is 14.1. The molecule has 0 spiro atoms. The first-order chi connectivity index (χ1) is 9.79. The molecule has 0 saturated heterocycles. The fourth-order valence-corrected chi connectivity index (χ4v) is 2.30. The first-order valence-corrected chi connectivity index (χ1v) is 7.04. The van der Waals surface area contributed by atoms with Gasteiger partial charge in [-0.3, -0.25) is 9.59 Å². The van der Waals surface area contributed by atoms with E-state index < -0.39 is 11.4 Å². The summed E-state index contributed by atoms with van der Waals surface area (Å²) >= 11 is 0. The van der Waals surface area contributed by atoms with Crippen LogP contribution in [0.3, 0.4) is 0 Å². The maximum Gasteiger partial charge on any atom is 0.316 e. The number of carboxylic acid groups (broad SMARTS) is 1. The number of allylic oxidation sites excluding steroid dienone is 1. The van der Waals surface area contributed by atoms with E-state index in [0.29, 0.717) is 5.75 Å². The lowest BCUT2D eigenvalue weighted by Gasteiger charge is -2.22. The molecule has 0 aliphatic heterocycles. The number of esters is 1. The smallest absolute Gasteiger partial charge is 0.316 e. The van der Waals surface area contributed by atoms with Gasteiger partial charge in [0.2, 0.25) is 0 Å². The van der Waals surface area contributed by atoms with Crippen molar-refractivity contribution in [3.63, 3.8) is 0 Å². The predicted molar refractivity (Wildman–Crippen MR) is 80.1 cm³/mol. The Bertz CT molecular complexity index is 606. The lowest BCUT2D eigenvalue weighted by molar-refractivity contribution is -0.143. The second-order valence-corrected chi connectivity index (χ2v) is 6.26. The monoisotopic (exact) mass is 288 g/mol. The molecule has 21 heavy (non-hydrogen) atoms. The van der Waals surface area contributed by atoms with Gasteiger partial charge >= 0.3 is 11.9 Å². The largest absolute Gasteiger partial charge is 0.481 e. The number of hydrogen-bond donors (Lipinski definition) is 1. The zero-order valence-electron chi connectivity index (χ0n) is 12.6. The Labute approximate surface area is 124 Å². The number of benzene rings is 1. The molecule has 0 heterocycles. The Balaban J connectivity index is 2.33. The van der Waals surface area contributed by atoms with Gasteiger partial charge in [-0.05, 0) is 50.8 Å².